The van der Waals surface area contributed by atoms with E-state index in [0.717, 1.165) is 12.1 Å². The second kappa shape index (κ2) is 6.10. The van der Waals surface area contributed by atoms with Crippen molar-refractivity contribution in [3.63, 3.8) is 0 Å². The van der Waals surface area contributed by atoms with Gasteiger partial charge >= 0.3 is 5.97 Å². The fourth-order valence-electron chi connectivity index (χ4n) is 2.33. The Morgan fingerprint density at radius 2 is 2.32 bits per heavy atom. The first-order valence-electron chi connectivity index (χ1n) is 6.27. The Labute approximate surface area is 123 Å². The van der Waals surface area contributed by atoms with Gasteiger partial charge in [-0.1, -0.05) is 5.11 Å². The van der Waals surface area contributed by atoms with Gasteiger partial charge in [0.25, 0.3) is 5.69 Å². The Morgan fingerprint density at radius 1 is 1.59 bits per heavy atom. The van der Waals surface area contributed by atoms with Crippen molar-refractivity contribution in [1.82, 2.24) is 0 Å². The monoisotopic (exact) mass is 305 g/mol. The molecule has 1 aromatic carbocycles. The molecule has 114 valence electrons. The number of carboxylic acid groups (broad SMARTS) is 1. The molecule has 1 heterocycles. The van der Waals surface area contributed by atoms with E-state index in [0.29, 0.717) is 0 Å². The van der Waals surface area contributed by atoms with Crippen LogP contribution in [0.25, 0.3) is 10.4 Å². The summed E-state index contributed by atoms with van der Waals surface area (Å²) in [6.07, 6.45) is 0.179. The molecule has 1 N–H and O–H groups in total. The molecular weight excluding hydrogens is 294 g/mol. The Morgan fingerprint density at radius 3 is 2.91 bits per heavy atom. The first-order chi connectivity index (χ1) is 10.4. The fraction of sp³-hybridized carbons (Fsp3) is 0.333. The molecule has 0 bridgehead atoms. The van der Waals surface area contributed by atoms with Gasteiger partial charge in [0, 0.05) is 36.2 Å². The molecule has 0 spiro atoms. The molecule has 1 amide bonds. The largest absolute Gasteiger partial charge is 0.477 e. The highest BCUT2D eigenvalue weighted by atomic mass is 16.6. The highest BCUT2D eigenvalue weighted by molar-refractivity contribution is 5.99. The molecule has 0 radical (unpaired) electrons. The number of carbonyl (C=O) groups excluding carboxylic acids is 1. The molecule has 10 nitrogen and oxygen atoms in total. The Kier molecular flexibility index (Phi) is 4.23. The van der Waals surface area contributed by atoms with Crippen LogP contribution in [0, 0.1) is 16.0 Å². The number of carbonyl (C=O) groups is 2. The van der Waals surface area contributed by atoms with E-state index < -0.39 is 22.1 Å². The highest BCUT2D eigenvalue weighted by Crippen LogP contribution is 2.29. The van der Waals surface area contributed by atoms with Gasteiger partial charge in [-0.3, -0.25) is 14.9 Å². The van der Waals surface area contributed by atoms with Crippen LogP contribution in [0.15, 0.2) is 23.3 Å². The van der Waals surface area contributed by atoms with Crippen LogP contribution in [-0.4, -0.2) is 35.0 Å². The minimum atomic E-state index is -1.44. The van der Waals surface area contributed by atoms with E-state index >= 15 is 0 Å². The first kappa shape index (κ1) is 15.3. The number of rotatable bonds is 5. The van der Waals surface area contributed by atoms with Crippen LogP contribution in [0.5, 0.6) is 0 Å². The van der Waals surface area contributed by atoms with Gasteiger partial charge in [0.1, 0.15) is 5.56 Å². The maximum Gasteiger partial charge on any atom is 0.342 e. The number of hydrogen-bond donors (Lipinski definition) is 1. The number of azide groups is 1. The molecular formula is C12H11N5O5. The number of aromatic carboxylic acids is 1. The van der Waals surface area contributed by atoms with Crippen molar-refractivity contribution < 1.29 is 19.6 Å². The van der Waals surface area contributed by atoms with Crippen LogP contribution in [-0.2, 0) is 4.79 Å². The SMILES string of the molecule is [N-]=[N+]=NCC1CC(=O)N(c2ccc([N+](=O)[O-])c(C(=O)O)c2)C1. The highest BCUT2D eigenvalue weighted by Gasteiger charge is 2.31. The van der Waals surface area contributed by atoms with Crippen LogP contribution in [0.4, 0.5) is 11.4 Å². The Bertz CT molecular complexity index is 697. The number of nitro groups is 1. The van der Waals surface area contributed by atoms with Gasteiger partial charge in [0.05, 0.1) is 4.92 Å². The summed E-state index contributed by atoms with van der Waals surface area (Å²) >= 11 is 0. The molecule has 1 unspecified atom stereocenters. The van der Waals surface area contributed by atoms with E-state index in [-0.39, 0.29) is 37.0 Å². The van der Waals surface area contributed by atoms with Crippen LogP contribution in [0.3, 0.4) is 0 Å². The maximum atomic E-state index is 12.0. The normalized spacial score (nSPS) is 17.2. The van der Waals surface area contributed by atoms with E-state index in [4.69, 9.17) is 10.6 Å². The lowest BCUT2D eigenvalue weighted by atomic mass is 10.1. The molecule has 1 aliphatic rings. The van der Waals surface area contributed by atoms with Crippen LogP contribution in [0.1, 0.15) is 16.8 Å². The third-order valence-corrected chi connectivity index (χ3v) is 3.33. The van der Waals surface area contributed by atoms with Crippen molar-refractivity contribution in [1.29, 1.82) is 0 Å². The molecule has 1 atom stereocenters. The van der Waals surface area contributed by atoms with Crippen molar-refractivity contribution in [2.75, 3.05) is 18.0 Å². The summed E-state index contributed by atoms with van der Waals surface area (Å²) in [4.78, 5) is 37.1. The predicted octanol–water partition coefficient (Wildman–Crippen LogP) is 1.96. The average Bonchev–Trinajstić information content (AvgIpc) is 2.85. The van der Waals surface area contributed by atoms with Crippen molar-refractivity contribution in [3.8, 4) is 0 Å². The lowest BCUT2D eigenvalue weighted by Crippen LogP contribution is -2.25. The van der Waals surface area contributed by atoms with E-state index in [2.05, 4.69) is 10.0 Å². The van der Waals surface area contributed by atoms with Crippen molar-refractivity contribution in [2.24, 2.45) is 11.0 Å². The zero-order valence-electron chi connectivity index (χ0n) is 11.2. The molecule has 1 aliphatic heterocycles. The molecule has 1 aromatic rings. The topological polar surface area (TPSA) is 150 Å². The minimum absolute atomic E-state index is 0.160. The summed E-state index contributed by atoms with van der Waals surface area (Å²) in [7, 11) is 0. The second-order valence-corrected chi connectivity index (χ2v) is 4.75. The predicted molar refractivity (Wildman–Crippen MR) is 74.5 cm³/mol. The fourth-order valence-corrected chi connectivity index (χ4v) is 2.33. The van der Waals surface area contributed by atoms with Crippen LogP contribution < -0.4 is 4.90 Å². The molecule has 0 aromatic heterocycles. The summed E-state index contributed by atoms with van der Waals surface area (Å²) in [6, 6.07) is 3.50. The zero-order valence-corrected chi connectivity index (χ0v) is 11.2. The molecule has 2 rings (SSSR count). The van der Waals surface area contributed by atoms with Gasteiger partial charge in [-0.05, 0) is 23.6 Å². The Balaban J connectivity index is 2.31. The summed E-state index contributed by atoms with van der Waals surface area (Å²) in [6.45, 7) is 0.437. The molecule has 1 saturated heterocycles. The Hall–Kier alpha value is -3.13. The van der Waals surface area contributed by atoms with E-state index in [9.17, 15) is 19.7 Å². The smallest absolute Gasteiger partial charge is 0.342 e. The molecule has 1 fully saturated rings. The molecule has 10 heteroatoms. The summed E-state index contributed by atoms with van der Waals surface area (Å²) in [5.41, 5.74) is 7.55. The van der Waals surface area contributed by atoms with Crippen LogP contribution >= 0.6 is 0 Å². The van der Waals surface area contributed by atoms with Gasteiger partial charge in [-0.25, -0.2) is 4.79 Å². The first-order valence-corrected chi connectivity index (χ1v) is 6.27. The molecule has 0 aliphatic carbocycles. The van der Waals surface area contributed by atoms with Gasteiger partial charge in [0.15, 0.2) is 0 Å². The van der Waals surface area contributed by atoms with E-state index in [1.807, 2.05) is 0 Å². The number of benzene rings is 1. The number of nitrogens with zero attached hydrogens (tertiary/aromatic N) is 5. The van der Waals surface area contributed by atoms with Gasteiger partial charge in [-0.2, -0.15) is 0 Å². The number of carboxylic acids is 1. The zero-order chi connectivity index (χ0) is 16.3. The molecule has 0 saturated carbocycles. The van der Waals surface area contributed by atoms with E-state index in [1.165, 1.54) is 11.0 Å². The average molecular weight is 305 g/mol. The van der Waals surface area contributed by atoms with Gasteiger partial charge in [-0.15, -0.1) is 0 Å². The number of anilines is 1. The summed E-state index contributed by atoms with van der Waals surface area (Å²) < 4.78 is 0. The maximum absolute atomic E-state index is 12.0. The van der Waals surface area contributed by atoms with E-state index in [1.54, 1.807) is 0 Å². The minimum Gasteiger partial charge on any atom is -0.477 e. The lowest BCUT2D eigenvalue weighted by Gasteiger charge is -2.17. The van der Waals surface area contributed by atoms with Crippen molar-refractivity contribution in [2.45, 2.75) is 6.42 Å². The quantitative estimate of drug-likeness (QED) is 0.290. The summed E-state index contributed by atoms with van der Waals surface area (Å²) in [5.74, 6) is -1.85. The summed E-state index contributed by atoms with van der Waals surface area (Å²) in [5, 5.41) is 23.3. The number of nitro benzene ring substituents is 1. The van der Waals surface area contributed by atoms with Gasteiger partial charge in [0.2, 0.25) is 5.91 Å². The second-order valence-electron chi connectivity index (χ2n) is 4.75. The third-order valence-electron chi connectivity index (χ3n) is 3.33. The van der Waals surface area contributed by atoms with Crippen molar-refractivity contribution >= 4 is 23.3 Å². The molecule has 22 heavy (non-hydrogen) atoms. The van der Waals surface area contributed by atoms with Gasteiger partial charge < -0.3 is 10.0 Å². The lowest BCUT2D eigenvalue weighted by molar-refractivity contribution is -0.385. The third kappa shape index (κ3) is 2.96. The number of amides is 1. The standard InChI is InChI=1S/C12H11N5O5/c13-15-14-5-7-3-11(18)16(6-7)8-1-2-10(17(21)22)9(4-8)12(19)20/h1-2,4,7H,3,5-6H2,(H,19,20). The number of hydrogen-bond acceptors (Lipinski definition) is 5. The van der Waals surface area contributed by atoms with Crippen LogP contribution in [0.2, 0.25) is 0 Å². The van der Waals surface area contributed by atoms with Crippen molar-refractivity contribution in [3.05, 3.63) is 44.3 Å².